The van der Waals surface area contributed by atoms with Gasteiger partial charge in [-0.1, -0.05) is 58.9 Å². The summed E-state index contributed by atoms with van der Waals surface area (Å²) in [6, 6.07) is 0. The monoisotopic (exact) mass is 726 g/mol. The molecule has 6 nitrogen and oxygen atoms in total. The zero-order chi connectivity index (χ0) is 36.8. The Bertz CT molecular complexity index is 1590. The highest BCUT2D eigenvalue weighted by Crippen LogP contribution is 2.76. The minimum Gasteiger partial charge on any atom is -0.481 e. The van der Waals surface area contributed by atoms with E-state index >= 15 is 0 Å². The average Bonchev–Trinajstić information content (AvgIpc) is 3.46. The number of nitrogens with zero attached hydrogens (tertiary/aromatic N) is 1. The maximum absolute atomic E-state index is 14.0. The lowest BCUT2D eigenvalue weighted by Gasteiger charge is -2.72. The normalized spacial score (nSPS) is 46.1. The number of fused-ring (bicyclic) bond motifs is 7. The van der Waals surface area contributed by atoms with Crippen LogP contribution in [0.1, 0.15) is 119 Å². The van der Waals surface area contributed by atoms with Gasteiger partial charge in [-0.2, -0.15) is 0 Å². The van der Waals surface area contributed by atoms with E-state index in [9.17, 15) is 22.7 Å². The topological polar surface area (TPSA) is 86.7 Å². The molecule has 0 bridgehead atoms. The molecule has 1 unspecified atom stereocenters. The first kappa shape index (κ1) is 37.8. The van der Waals surface area contributed by atoms with E-state index < -0.39 is 27.9 Å². The van der Waals surface area contributed by atoms with Gasteiger partial charge in [-0.05, 0) is 146 Å². The highest BCUT2D eigenvalue weighted by molar-refractivity contribution is 7.91. The summed E-state index contributed by atoms with van der Waals surface area (Å²) in [4.78, 5) is 14.3. The van der Waals surface area contributed by atoms with E-state index in [0.717, 1.165) is 19.5 Å². The van der Waals surface area contributed by atoms with Crippen molar-refractivity contribution >= 4 is 15.8 Å². The highest BCUT2D eigenvalue weighted by Gasteiger charge is 2.70. The van der Waals surface area contributed by atoms with Gasteiger partial charge in [0.05, 0.1) is 16.9 Å². The van der Waals surface area contributed by atoms with Crippen molar-refractivity contribution in [3.8, 4) is 0 Å². The third-order valence-corrected chi connectivity index (χ3v) is 19.3. The quantitative estimate of drug-likeness (QED) is 0.245. The summed E-state index contributed by atoms with van der Waals surface area (Å²) < 4.78 is 38.0. The SMILES string of the molecule is C=C(C)[C@@H]1CC[C@]2(NCCN3CCS(=O)(=O)CC3)CC[C@]3(C)C(CC[C@@H]4[C@@]5(C)CC=C(C6=CC[C@](CF)(C(=O)O)CC6)C(C)(C)[C@@H]5CC[C@]43C)[C@@H]12. The molecule has 4 saturated carbocycles. The fourth-order valence-electron chi connectivity index (χ4n) is 14.6. The molecule has 0 amide bonds. The van der Waals surface area contributed by atoms with Crippen molar-refractivity contribution in [1.82, 2.24) is 10.2 Å². The highest BCUT2D eigenvalue weighted by atomic mass is 32.2. The van der Waals surface area contributed by atoms with E-state index in [1.807, 2.05) is 0 Å². The summed E-state index contributed by atoms with van der Waals surface area (Å²) >= 11 is 0. The molecule has 51 heavy (non-hydrogen) atoms. The van der Waals surface area contributed by atoms with E-state index in [4.69, 9.17) is 0 Å². The van der Waals surface area contributed by atoms with Crippen LogP contribution in [0, 0.1) is 56.7 Å². The molecule has 1 heterocycles. The molecule has 2 N–H and O–H groups in total. The van der Waals surface area contributed by atoms with Crippen LogP contribution in [0.2, 0.25) is 0 Å². The fourth-order valence-corrected chi connectivity index (χ4v) is 15.8. The molecule has 10 atom stereocenters. The van der Waals surface area contributed by atoms with Gasteiger partial charge in [-0.3, -0.25) is 4.79 Å². The van der Waals surface area contributed by atoms with Gasteiger partial charge in [0.1, 0.15) is 6.67 Å². The van der Waals surface area contributed by atoms with Crippen LogP contribution >= 0.6 is 0 Å². The first-order chi connectivity index (χ1) is 23.9. The van der Waals surface area contributed by atoms with Gasteiger partial charge >= 0.3 is 5.97 Å². The van der Waals surface area contributed by atoms with E-state index in [2.05, 4.69) is 70.5 Å². The molecule has 1 saturated heterocycles. The minimum absolute atomic E-state index is 0.0163. The molecule has 0 aromatic carbocycles. The van der Waals surface area contributed by atoms with Gasteiger partial charge in [0.15, 0.2) is 9.84 Å². The Kier molecular flexibility index (Phi) is 9.47. The number of alkyl halides is 1. The van der Waals surface area contributed by atoms with Crippen molar-refractivity contribution in [2.24, 2.45) is 56.7 Å². The third kappa shape index (κ3) is 5.71. The Morgan fingerprint density at radius 2 is 1.67 bits per heavy atom. The van der Waals surface area contributed by atoms with Crippen LogP contribution in [-0.2, 0) is 14.6 Å². The Hall–Kier alpha value is -1.51. The average molecular weight is 727 g/mol. The number of rotatable bonds is 8. The van der Waals surface area contributed by atoms with E-state index in [-0.39, 0.29) is 33.6 Å². The summed E-state index contributed by atoms with van der Waals surface area (Å²) in [5.74, 6) is 2.58. The van der Waals surface area contributed by atoms with Crippen LogP contribution in [0.15, 0.2) is 35.5 Å². The van der Waals surface area contributed by atoms with Gasteiger partial charge in [0, 0.05) is 31.7 Å². The number of aliphatic carboxylic acids is 1. The maximum Gasteiger partial charge on any atom is 0.312 e. The second-order valence-electron chi connectivity index (χ2n) is 20.0. The number of carboxylic acids is 1. The van der Waals surface area contributed by atoms with Crippen molar-refractivity contribution in [3.05, 3.63) is 35.5 Å². The minimum atomic E-state index is -2.87. The predicted octanol–water partition coefficient (Wildman–Crippen LogP) is 8.40. The Morgan fingerprint density at radius 3 is 2.29 bits per heavy atom. The molecule has 7 rings (SSSR count). The number of allylic oxidation sites excluding steroid dienone is 5. The van der Waals surface area contributed by atoms with Gasteiger partial charge in [-0.15, -0.1) is 0 Å². The van der Waals surface area contributed by atoms with Crippen molar-refractivity contribution in [1.29, 1.82) is 0 Å². The molecule has 0 aromatic heterocycles. The van der Waals surface area contributed by atoms with Crippen molar-refractivity contribution in [2.45, 2.75) is 124 Å². The second-order valence-corrected chi connectivity index (χ2v) is 22.3. The summed E-state index contributed by atoms with van der Waals surface area (Å²) in [6.07, 6.45) is 16.9. The second kappa shape index (κ2) is 12.8. The molecule has 1 aliphatic heterocycles. The fraction of sp³-hybridized carbons (Fsp3) is 0.837. The molecule has 286 valence electrons. The van der Waals surface area contributed by atoms with Gasteiger partial charge in [0.25, 0.3) is 0 Å². The maximum atomic E-state index is 14.0. The molecule has 0 spiro atoms. The van der Waals surface area contributed by atoms with Crippen LogP contribution in [0.3, 0.4) is 0 Å². The lowest BCUT2D eigenvalue weighted by atomic mass is 9.33. The van der Waals surface area contributed by atoms with Gasteiger partial charge < -0.3 is 15.3 Å². The summed E-state index contributed by atoms with van der Waals surface area (Å²) in [5.41, 5.74) is 3.60. The first-order valence-electron chi connectivity index (χ1n) is 20.4. The zero-order valence-electron chi connectivity index (χ0n) is 32.6. The number of sulfone groups is 1. The van der Waals surface area contributed by atoms with Crippen LogP contribution in [-0.4, -0.2) is 74.3 Å². The Labute approximate surface area is 308 Å². The van der Waals surface area contributed by atoms with E-state index in [1.165, 1.54) is 68.1 Å². The van der Waals surface area contributed by atoms with Crippen LogP contribution in [0.5, 0.6) is 0 Å². The molecule has 5 fully saturated rings. The standard InChI is InChI=1S/C43H67FN2O4S/c1-29(2)31-12-19-43(45-22-23-46-24-26-51(49,50)27-25-46)21-20-40(6)33(36(31)43)8-9-35-39(5)15-13-32(38(3,4)34(39)14-16-41(35,40)7)30-10-17-42(28-44,18-11-30)37(47)48/h10,13,31,33-36,45H,1,8-9,11-12,14-28H2,2-7H3,(H,47,48)/t31-,33?,34-,35+,36+,39-,40+,41+,42-,43-/m0/s1. The molecule has 8 heteroatoms. The molecule has 7 aliphatic rings. The molecular weight excluding hydrogens is 660 g/mol. The first-order valence-corrected chi connectivity index (χ1v) is 22.2. The van der Waals surface area contributed by atoms with Crippen LogP contribution < -0.4 is 5.32 Å². The largest absolute Gasteiger partial charge is 0.481 e. The molecule has 0 aromatic rings. The lowest BCUT2D eigenvalue weighted by molar-refractivity contribution is -0.221. The number of hydrogen-bond acceptors (Lipinski definition) is 5. The van der Waals surface area contributed by atoms with E-state index in [0.29, 0.717) is 67.0 Å². The van der Waals surface area contributed by atoms with Gasteiger partial charge in [-0.25, -0.2) is 12.8 Å². The molecule has 6 aliphatic carbocycles. The van der Waals surface area contributed by atoms with Gasteiger partial charge in [0.2, 0.25) is 0 Å². The number of nitrogens with one attached hydrogen (secondary N) is 1. The van der Waals surface area contributed by atoms with Crippen molar-refractivity contribution in [2.75, 3.05) is 44.4 Å². The third-order valence-electron chi connectivity index (χ3n) is 17.7. The Balaban J connectivity index is 1.13. The number of carboxylic acid groups (broad SMARTS) is 1. The van der Waals surface area contributed by atoms with Crippen molar-refractivity contribution < 1.29 is 22.7 Å². The summed E-state index contributed by atoms with van der Waals surface area (Å²) in [7, 11) is -2.87. The number of halogens is 1. The smallest absolute Gasteiger partial charge is 0.312 e. The number of hydrogen-bond donors (Lipinski definition) is 2. The number of carbonyl (C=O) groups is 1. The molecule has 0 radical (unpaired) electrons. The zero-order valence-corrected chi connectivity index (χ0v) is 33.4. The van der Waals surface area contributed by atoms with Crippen molar-refractivity contribution in [3.63, 3.8) is 0 Å². The van der Waals surface area contributed by atoms with E-state index in [1.54, 1.807) is 0 Å². The van der Waals surface area contributed by atoms with Crippen LogP contribution in [0.25, 0.3) is 0 Å². The lowest BCUT2D eigenvalue weighted by Crippen LogP contribution is -2.68. The summed E-state index contributed by atoms with van der Waals surface area (Å²) in [6.45, 7) is 22.1. The Morgan fingerprint density at radius 1 is 0.941 bits per heavy atom. The summed E-state index contributed by atoms with van der Waals surface area (Å²) in [5, 5.41) is 14.0. The van der Waals surface area contributed by atoms with Crippen LogP contribution in [0.4, 0.5) is 4.39 Å². The predicted molar refractivity (Wildman–Crippen MR) is 204 cm³/mol. The molecular formula is C43H67FN2O4S.